The normalized spacial score (nSPS) is 24.0. The SMILES string of the molecule is OC1CNOC(COCc2ccccc2)C1OCc1ccccc1. The lowest BCUT2D eigenvalue weighted by atomic mass is 10.1. The molecule has 1 saturated heterocycles. The van der Waals surface area contributed by atoms with Crippen molar-refractivity contribution in [3.63, 3.8) is 0 Å². The van der Waals surface area contributed by atoms with Gasteiger partial charge in [0.05, 0.1) is 25.9 Å². The number of hydroxylamine groups is 1. The Morgan fingerprint density at radius 3 is 2.25 bits per heavy atom. The maximum absolute atomic E-state index is 10.2. The quantitative estimate of drug-likeness (QED) is 0.814. The fourth-order valence-electron chi connectivity index (χ4n) is 2.65. The molecule has 0 radical (unpaired) electrons. The van der Waals surface area contributed by atoms with Crippen molar-refractivity contribution in [2.45, 2.75) is 31.5 Å². The zero-order chi connectivity index (χ0) is 16.6. The molecule has 1 aliphatic rings. The Balaban J connectivity index is 1.51. The van der Waals surface area contributed by atoms with Crippen LogP contribution in [0.3, 0.4) is 0 Å². The van der Waals surface area contributed by atoms with Crippen molar-refractivity contribution >= 4 is 0 Å². The van der Waals surface area contributed by atoms with Gasteiger partial charge in [0, 0.05) is 6.54 Å². The maximum Gasteiger partial charge on any atom is 0.131 e. The van der Waals surface area contributed by atoms with Crippen LogP contribution in [0, 0.1) is 0 Å². The van der Waals surface area contributed by atoms with Crippen molar-refractivity contribution in [2.24, 2.45) is 0 Å². The summed E-state index contributed by atoms with van der Waals surface area (Å²) >= 11 is 0. The number of benzene rings is 2. The summed E-state index contributed by atoms with van der Waals surface area (Å²) in [6, 6.07) is 19.8. The van der Waals surface area contributed by atoms with Gasteiger partial charge in [0.15, 0.2) is 0 Å². The van der Waals surface area contributed by atoms with Gasteiger partial charge in [-0.15, -0.1) is 0 Å². The first-order valence-electron chi connectivity index (χ1n) is 8.16. The summed E-state index contributed by atoms with van der Waals surface area (Å²) in [5, 5.41) is 10.2. The summed E-state index contributed by atoms with van der Waals surface area (Å²) in [4.78, 5) is 5.53. The van der Waals surface area contributed by atoms with E-state index in [0.717, 1.165) is 11.1 Å². The lowest BCUT2D eigenvalue weighted by Gasteiger charge is -2.35. The van der Waals surface area contributed by atoms with E-state index in [1.807, 2.05) is 60.7 Å². The van der Waals surface area contributed by atoms with Crippen LogP contribution in [-0.4, -0.2) is 36.6 Å². The summed E-state index contributed by atoms with van der Waals surface area (Å²) < 4.78 is 11.6. The summed E-state index contributed by atoms with van der Waals surface area (Å²) in [5.74, 6) is 0. The van der Waals surface area contributed by atoms with Gasteiger partial charge >= 0.3 is 0 Å². The van der Waals surface area contributed by atoms with Crippen molar-refractivity contribution < 1.29 is 19.4 Å². The molecular formula is C19H23NO4. The minimum absolute atomic E-state index is 0.342. The van der Waals surface area contributed by atoms with Crippen molar-refractivity contribution in [3.05, 3.63) is 71.8 Å². The molecule has 2 N–H and O–H groups in total. The van der Waals surface area contributed by atoms with Crippen molar-refractivity contribution in [3.8, 4) is 0 Å². The van der Waals surface area contributed by atoms with Gasteiger partial charge in [-0.3, -0.25) is 4.84 Å². The highest BCUT2D eigenvalue weighted by Crippen LogP contribution is 2.16. The highest BCUT2D eigenvalue weighted by atomic mass is 16.7. The number of β-amino-alcohol motifs (C(OH)–C–C–N with tert-alkyl or cyclic N) is 1. The fraction of sp³-hybridized carbons (Fsp3) is 0.368. The van der Waals surface area contributed by atoms with E-state index in [1.165, 1.54) is 0 Å². The first-order chi connectivity index (χ1) is 11.8. The third-order valence-corrected chi connectivity index (χ3v) is 3.95. The number of nitrogens with one attached hydrogen (secondary N) is 1. The molecule has 2 aromatic carbocycles. The summed E-state index contributed by atoms with van der Waals surface area (Å²) in [6.45, 7) is 1.62. The standard InChI is InChI=1S/C19H23NO4/c21-17-11-20-24-18(14-22-12-15-7-3-1-4-8-15)19(17)23-13-16-9-5-2-6-10-16/h1-10,17-21H,11-14H2. The second kappa shape index (κ2) is 8.92. The van der Waals surface area contributed by atoms with Crippen LogP contribution in [0.25, 0.3) is 0 Å². The molecule has 3 rings (SSSR count). The van der Waals surface area contributed by atoms with Gasteiger partial charge in [0.1, 0.15) is 12.2 Å². The monoisotopic (exact) mass is 329 g/mol. The van der Waals surface area contributed by atoms with Gasteiger partial charge in [0.25, 0.3) is 0 Å². The number of aliphatic hydroxyl groups excluding tert-OH is 1. The molecule has 0 spiro atoms. The molecule has 24 heavy (non-hydrogen) atoms. The molecule has 3 unspecified atom stereocenters. The first kappa shape index (κ1) is 17.1. The third kappa shape index (κ3) is 4.87. The molecule has 0 bridgehead atoms. The van der Waals surface area contributed by atoms with E-state index in [-0.39, 0.29) is 6.10 Å². The summed E-state index contributed by atoms with van der Waals surface area (Å²) in [7, 11) is 0. The Bertz CT molecular complexity index is 593. The zero-order valence-corrected chi connectivity index (χ0v) is 13.5. The van der Waals surface area contributed by atoms with Gasteiger partial charge in [-0.2, -0.15) is 5.48 Å². The topological polar surface area (TPSA) is 60.0 Å². The van der Waals surface area contributed by atoms with Crippen LogP contribution in [-0.2, 0) is 27.5 Å². The molecular weight excluding hydrogens is 306 g/mol. The molecule has 128 valence electrons. The predicted octanol–water partition coefficient (Wildman–Crippen LogP) is 2.05. The molecule has 0 aliphatic carbocycles. The Morgan fingerprint density at radius 2 is 1.58 bits per heavy atom. The van der Waals surface area contributed by atoms with Crippen LogP contribution in [0.1, 0.15) is 11.1 Å². The highest BCUT2D eigenvalue weighted by molar-refractivity contribution is 5.14. The van der Waals surface area contributed by atoms with Gasteiger partial charge in [-0.25, -0.2) is 0 Å². The number of rotatable bonds is 7. The van der Waals surface area contributed by atoms with Crippen LogP contribution in [0.15, 0.2) is 60.7 Å². The summed E-state index contributed by atoms with van der Waals surface area (Å²) in [6.07, 6.45) is -1.42. The number of hydrogen-bond donors (Lipinski definition) is 2. The lowest BCUT2D eigenvalue weighted by molar-refractivity contribution is -0.207. The van der Waals surface area contributed by atoms with E-state index >= 15 is 0 Å². The minimum atomic E-state index is -0.632. The van der Waals surface area contributed by atoms with E-state index in [4.69, 9.17) is 14.3 Å². The van der Waals surface area contributed by atoms with Crippen LogP contribution in [0.4, 0.5) is 0 Å². The van der Waals surface area contributed by atoms with Crippen LogP contribution in [0.2, 0.25) is 0 Å². The first-order valence-corrected chi connectivity index (χ1v) is 8.16. The van der Waals surface area contributed by atoms with Crippen LogP contribution < -0.4 is 5.48 Å². The van der Waals surface area contributed by atoms with E-state index in [0.29, 0.717) is 26.4 Å². The van der Waals surface area contributed by atoms with Crippen molar-refractivity contribution in [2.75, 3.05) is 13.2 Å². The van der Waals surface area contributed by atoms with Crippen LogP contribution >= 0.6 is 0 Å². The van der Waals surface area contributed by atoms with E-state index in [9.17, 15) is 5.11 Å². The predicted molar refractivity (Wildman–Crippen MR) is 90.0 cm³/mol. The smallest absolute Gasteiger partial charge is 0.131 e. The van der Waals surface area contributed by atoms with Gasteiger partial charge in [-0.1, -0.05) is 60.7 Å². The molecule has 2 aromatic rings. The maximum atomic E-state index is 10.2. The fourth-order valence-corrected chi connectivity index (χ4v) is 2.65. The molecule has 1 aliphatic heterocycles. The van der Waals surface area contributed by atoms with E-state index < -0.39 is 12.2 Å². The second-order valence-corrected chi connectivity index (χ2v) is 5.83. The Hall–Kier alpha value is -1.76. The minimum Gasteiger partial charge on any atom is -0.389 e. The van der Waals surface area contributed by atoms with Crippen molar-refractivity contribution in [1.82, 2.24) is 5.48 Å². The molecule has 1 fully saturated rings. The van der Waals surface area contributed by atoms with Crippen LogP contribution in [0.5, 0.6) is 0 Å². The molecule has 5 nitrogen and oxygen atoms in total. The number of hydrogen-bond acceptors (Lipinski definition) is 5. The van der Waals surface area contributed by atoms with Gasteiger partial charge in [-0.05, 0) is 11.1 Å². The third-order valence-electron chi connectivity index (χ3n) is 3.95. The van der Waals surface area contributed by atoms with E-state index in [1.54, 1.807) is 0 Å². The number of aliphatic hydroxyl groups is 1. The Kier molecular flexibility index (Phi) is 6.34. The Labute approximate surface area is 142 Å². The zero-order valence-electron chi connectivity index (χ0n) is 13.5. The van der Waals surface area contributed by atoms with E-state index in [2.05, 4.69) is 5.48 Å². The Morgan fingerprint density at radius 1 is 0.958 bits per heavy atom. The molecule has 0 saturated carbocycles. The molecule has 5 heteroatoms. The largest absolute Gasteiger partial charge is 0.389 e. The van der Waals surface area contributed by atoms with Crippen molar-refractivity contribution in [1.29, 1.82) is 0 Å². The number of ether oxygens (including phenoxy) is 2. The van der Waals surface area contributed by atoms with Gasteiger partial charge < -0.3 is 14.6 Å². The lowest BCUT2D eigenvalue weighted by Crippen LogP contribution is -2.54. The highest BCUT2D eigenvalue weighted by Gasteiger charge is 2.34. The average Bonchev–Trinajstić information content (AvgIpc) is 2.63. The average molecular weight is 329 g/mol. The molecule has 1 heterocycles. The summed E-state index contributed by atoms with van der Waals surface area (Å²) in [5.41, 5.74) is 4.91. The molecule has 3 atom stereocenters. The molecule has 0 amide bonds. The van der Waals surface area contributed by atoms with Gasteiger partial charge in [0.2, 0.25) is 0 Å². The second-order valence-electron chi connectivity index (χ2n) is 5.83. The molecule has 0 aromatic heterocycles.